The maximum atomic E-state index is 5.81. The van der Waals surface area contributed by atoms with Crippen LogP contribution >= 0.6 is 12.2 Å². The van der Waals surface area contributed by atoms with E-state index in [-0.39, 0.29) is 0 Å². The van der Waals surface area contributed by atoms with Crippen LogP contribution in [0, 0.1) is 20.8 Å². The highest BCUT2D eigenvalue weighted by Gasteiger charge is 2.29. The summed E-state index contributed by atoms with van der Waals surface area (Å²) in [6.45, 7) is 10.6. The standard InChI is InChI=1S/C21H33N3OS/c1-15-12-16(2)20(17(3)13-15)22-21(26)24-9-7-18(8-10-24)23(4)14-19-6-5-11-25-19/h12-13,18-19H,5-11,14H2,1-4H3,(H,22,26)/p+1. The fraction of sp³-hybridized carbons (Fsp3) is 0.667. The molecule has 4 nitrogen and oxygen atoms in total. The van der Waals surface area contributed by atoms with Crippen molar-refractivity contribution in [2.24, 2.45) is 0 Å². The van der Waals surface area contributed by atoms with Crippen LogP contribution in [0.1, 0.15) is 42.4 Å². The van der Waals surface area contributed by atoms with E-state index in [2.05, 4.69) is 50.2 Å². The number of thiocarbonyl (C=S) groups is 1. The monoisotopic (exact) mass is 376 g/mol. The molecule has 0 bridgehead atoms. The average molecular weight is 377 g/mol. The van der Waals surface area contributed by atoms with E-state index < -0.39 is 0 Å². The lowest BCUT2D eigenvalue weighted by atomic mass is 10.0. The predicted molar refractivity (Wildman–Crippen MR) is 112 cm³/mol. The first-order chi connectivity index (χ1) is 12.4. The van der Waals surface area contributed by atoms with E-state index in [4.69, 9.17) is 17.0 Å². The molecule has 0 spiro atoms. The third-order valence-corrected chi connectivity index (χ3v) is 6.32. The summed E-state index contributed by atoms with van der Waals surface area (Å²) in [6.07, 6.45) is 5.34. The Balaban J connectivity index is 1.50. The number of likely N-dealkylation sites (N-methyl/N-ethyl adjacent to an activating group) is 1. The zero-order valence-electron chi connectivity index (χ0n) is 16.7. The van der Waals surface area contributed by atoms with Crippen LogP contribution in [0.15, 0.2) is 12.1 Å². The molecule has 3 rings (SSSR count). The Hall–Kier alpha value is -1.17. The first-order valence-corrected chi connectivity index (χ1v) is 10.4. The molecule has 1 aromatic carbocycles. The number of aryl methyl sites for hydroxylation is 3. The minimum absolute atomic E-state index is 0.475. The van der Waals surface area contributed by atoms with Crippen LogP contribution in [-0.2, 0) is 4.74 Å². The Bertz CT molecular complexity index is 611. The number of hydrogen-bond donors (Lipinski definition) is 2. The number of nitrogens with one attached hydrogen (secondary N) is 2. The number of ether oxygens (including phenoxy) is 1. The Morgan fingerprint density at radius 3 is 2.42 bits per heavy atom. The quantitative estimate of drug-likeness (QED) is 0.790. The summed E-state index contributed by atoms with van der Waals surface area (Å²) in [4.78, 5) is 3.96. The minimum atomic E-state index is 0.475. The molecule has 0 amide bonds. The molecule has 0 aliphatic carbocycles. The molecule has 0 radical (unpaired) electrons. The highest BCUT2D eigenvalue weighted by molar-refractivity contribution is 7.80. The zero-order chi connectivity index (χ0) is 18.7. The molecule has 26 heavy (non-hydrogen) atoms. The van der Waals surface area contributed by atoms with E-state index in [0.717, 1.165) is 37.4 Å². The van der Waals surface area contributed by atoms with Gasteiger partial charge < -0.3 is 19.9 Å². The Morgan fingerprint density at radius 2 is 1.85 bits per heavy atom. The van der Waals surface area contributed by atoms with Gasteiger partial charge in [0, 0.05) is 38.2 Å². The Kier molecular flexibility index (Phi) is 6.54. The van der Waals surface area contributed by atoms with Gasteiger partial charge in [0.25, 0.3) is 0 Å². The summed E-state index contributed by atoms with van der Waals surface area (Å²) >= 11 is 5.72. The number of benzene rings is 1. The second-order valence-corrected chi connectivity index (χ2v) is 8.54. The largest absolute Gasteiger partial charge is 0.372 e. The van der Waals surface area contributed by atoms with Crippen LogP contribution < -0.4 is 10.2 Å². The third-order valence-electron chi connectivity index (χ3n) is 5.96. The van der Waals surface area contributed by atoms with Crippen LogP contribution in [0.25, 0.3) is 0 Å². The molecule has 1 aromatic rings. The van der Waals surface area contributed by atoms with Crippen molar-refractivity contribution in [2.75, 3.05) is 38.6 Å². The van der Waals surface area contributed by atoms with Gasteiger partial charge in [-0.1, -0.05) is 17.7 Å². The van der Waals surface area contributed by atoms with Crippen LogP contribution in [-0.4, -0.2) is 55.4 Å². The van der Waals surface area contributed by atoms with E-state index in [1.165, 1.54) is 48.1 Å². The molecule has 2 saturated heterocycles. The van der Waals surface area contributed by atoms with Gasteiger partial charge in [-0.25, -0.2) is 0 Å². The summed E-state index contributed by atoms with van der Waals surface area (Å²) in [7, 11) is 2.33. The lowest BCUT2D eigenvalue weighted by molar-refractivity contribution is -0.910. The van der Waals surface area contributed by atoms with Gasteiger partial charge in [0.15, 0.2) is 5.11 Å². The van der Waals surface area contributed by atoms with Gasteiger partial charge in [0.05, 0.1) is 13.1 Å². The summed E-state index contributed by atoms with van der Waals surface area (Å²) in [5.41, 5.74) is 5.00. The summed E-state index contributed by atoms with van der Waals surface area (Å²) in [5, 5.41) is 4.38. The minimum Gasteiger partial charge on any atom is -0.372 e. The smallest absolute Gasteiger partial charge is 0.173 e. The van der Waals surface area contributed by atoms with Crippen molar-refractivity contribution in [2.45, 2.75) is 58.6 Å². The van der Waals surface area contributed by atoms with Crippen LogP contribution in [0.5, 0.6) is 0 Å². The van der Waals surface area contributed by atoms with E-state index >= 15 is 0 Å². The van der Waals surface area contributed by atoms with Crippen molar-refractivity contribution >= 4 is 23.0 Å². The summed E-state index contributed by atoms with van der Waals surface area (Å²) < 4.78 is 5.81. The molecule has 5 heteroatoms. The number of rotatable bonds is 4. The molecule has 2 N–H and O–H groups in total. The van der Waals surface area contributed by atoms with Gasteiger partial charge in [0.1, 0.15) is 12.6 Å². The molecule has 0 saturated carbocycles. The third kappa shape index (κ3) is 4.76. The fourth-order valence-corrected chi connectivity index (χ4v) is 4.75. The lowest BCUT2D eigenvalue weighted by Crippen LogP contribution is -3.14. The Labute approximate surface area is 163 Å². The van der Waals surface area contributed by atoms with Crippen LogP contribution in [0.2, 0.25) is 0 Å². The molecular formula is C21H34N3OS+. The maximum Gasteiger partial charge on any atom is 0.173 e. The zero-order valence-corrected chi connectivity index (χ0v) is 17.5. The number of anilines is 1. The molecule has 2 atom stereocenters. The number of likely N-dealkylation sites (tertiary alicyclic amines) is 1. The molecular weight excluding hydrogens is 342 g/mol. The number of quaternary nitrogens is 1. The van der Waals surface area contributed by atoms with Gasteiger partial charge in [-0.05, 0) is 57.0 Å². The van der Waals surface area contributed by atoms with Gasteiger partial charge in [0.2, 0.25) is 0 Å². The lowest BCUT2D eigenvalue weighted by Gasteiger charge is -2.36. The molecule has 144 valence electrons. The highest BCUT2D eigenvalue weighted by Crippen LogP contribution is 2.23. The topological polar surface area (TPSA) is 28.9 Å². The van der Waals surface area contributed by atoms with Gasteiger partial charge in [-0.3, -0.25) is 0 Å². The highest BCUT2D eigenvalue weighted by atomic mass is 32.1. The SMILES string of the molecule is Cc1cc(C)c(NC(=S)N2CCC([NH+](C)CC3CCCO3)CC2)c(C)c1. The molecule has 0 aromatic heterocycles. The number of piperidine rings is 1. The van der Waals surface area contributed by atoms with Crippen LogP contribution in [0.4, 0.5) is 5.69 Å². The molecule has 2 aliphatic heterocycles. The van der Waals surface area contributed by atoms with Crippen LogP contribution in [0.3, 0.4) is 0 Å². The van der Waals surface area contributed by atoms with E-state index in [0.29, 0.717) is 6.10 Å². The van der Waals surface area contributed by atoms with E-state index in [1.54, 1.807) is 4.90 Å². The normalized spacial score (nSPS) is 22.5. The van der Waals surface area contributed by atoms with E-state index in [9.17, 15) is 0 Å². The summed E-state index contributed by atoms with van der Waals surface area (Å²) in [5.74, 6) is 0. The second-order valence-electron chi connectivity index (χ2n) is 8.15. The summed E-state index contributed by atoms with van der Waals surface area (Å²) in [6, 6.07) is 5.15. The van der Waals surface area contributed by atoms with Crippen molar-refractivity contribution in [1.82, 2.24) is 4.90 Å². The number of hydrogen-bond acceptors (Lipinski definition) is 2. The van der Waals surface area contributed by atoms with Crippen molar-refractivity contribution < 1.29 is 9.64 Å². The van der Waals surface area contributed by atoms with Gasteiger partial charge in [-0.2, -0.15) is 0 Å². The molecule has 2 unspecified atom stereocenters. The Morgan fingerprint density at radius 1 is 1.19 bits per heavy atom. The van der Waals surface area contributed by atoms with Crippen molar-refractivity contribution in [3.05, 3.63) is 28.8 Å². The number of nitrogens with zero attached hydrogens (tertiary/aromatic N) is 1. The molecule has 2 aliphatic rings. The molecule has 2 fully saturated rings. The first-order valence-electron chi connectivity index (χ1n) is 10.0. The second kappa shape index (κ2) is 8.68. The van der Waals surface area contributed by atoms with Crippen molar-refractivity contribution in [3.8, 4) is 0 Å². The van der Waals surface area contributed by atoms with Crippen molar-refractivity contribution in [3.63, 3.8) is 0 Å². The van der Waals surface area contributed by atoms with Crippen molar-refractivity contribution in [1.29, 1.82) is 0 Å². The van der Waals surface area contributed by atoms with Gasteiger partial charge >= 0.3 is 0 Å². The first kappa shape index (κ1) is 19.6. The predicted octanol–water partition coefficient (Wildman–Crippen LogP) is 2.47. The van der Waals surface area contributed by atoms with E-state index in [1.807, 2.05) is 0 Å². The molecule has 2 heterocycles. The fourth-order valence-electron chi connectivity index (χ4n) is 4.47. The van der Waals surface area contributed by atoms with Gasteiger partial charge in [-0.15, -0.1) is 0 Å². The average Bonchev–Trinajstić information content (AvgIpc) is 3.11. The maximum absolute atomic E-state index is 5.81.